The van der Waals surface area contributed by atoms with Crippen molar-refractivity contribution in [2.75, 3.05) is 0 Å². The van der Waals surface area contributed by atoms with Crippen LogP contribution < -0.4 is 5.46 Å². The summed E-state index contributed by atoms with van der Waals surface area (Å²) < 4.78 is 1.14. The summed E-state index contributed by atoms with van der Waals surface area (Å²) >= 11 is 3.47. The maximum atomic E-state index is 8.74. The Kier molecular flexibility index (Phi) is 10.3. The van der Waals surface area contributed by atoms with Gasteiger partial charge >= 0.3 is 7.12 Å². The Morgan fingerprint density at radius 3 is 1.77 bits per heavy atom. The minimum atomic E-state index is -1.35. The molecule has 0 unspecified atom stereocenters. The topological polar surface area (TPSA) is 40.5 Å². The van der Waals surface area contributed by atoms with Crippen molar-refractivity contribution in [1.82, 2.24) is 0 Å². The van der Waals surface area contributed by atoms with E-state index in [2.05, 4.69) is 66.2 Å². The highest BCUT2D eigenvalue weighted by molar-refractivity contribution is 9.10. The van der Waals surface area contributed by atoms with Crippen LogP contribution in [0.5, 0.6) is 0 Å². The maximum Gasteiger partial charge on any atom is 0.488 e. The smallest absolute Gasteiger partial charge is 0.423 e. The van der Waals surface area contributed by atoms with Crippen molar-refractivity contribution in [2.24, 2.45) is 0 Å². The average molecular weight is 415 g/mol. The van der Waals surface area contributed by atoms with Crippen LogP contribution in [-0.4, -0.2) is 17.2 Å². The van der Waals surface area contributed by atoms with Gasteiger partial charge in [0.05, 0.1) is 0 Å². The van der Waals surface area contributed by atoms with Crippen molar-refractivity contribution in [3.63, 3.8) is 0 Å². The second kappa shape index (κ2) is 11.9. The molecule has 3 rings (SSSR count). The molecule has 0 aliphatic carbocycles. The molecule has 2 N–H and O–H groups in total. The van der Waals surface area contributed by atoms with E-state index in [1.165, 1.54) is 21.9 Å². The molecule has 4 heteroatoms. The Balaban J connectivity index is 0.000000241. The molecular formula is C22H28BBrO2. The van der Waals surface area contributed by atoms with Crippen LogP contribution in [-0.2, 0) is 12.8 Å². The van der Waals surface area contributed by atoms with Gasteiger partial charge in [-0.15, -0.1) is 0 Å². The summed E-state index contributed by atoms with van der Waals surface area (Å²) in [7, 11) is -1.35. The molecule has 26 heavy (non-hydrogen) atoms. The molecule has 0 saturated heterocycles. The monoisotopic (exact) mass is 414 g/mol. The van der Waals surface area contributed by atoms with Crippen molar-refractivity contribution in [2.45, 2.75) is 40.5 Å². The fourth-order valence-corrected chi connectivity index (χ4v) is 2.79. The molecule has 0 saturated carbocycles. The number of fused-ring (bicyclic) bond motifs is 1. The van der Waals surface area contributed by atoms with Gasteiger partial charge in [0.1, 0.15) is 0 Å². The largest absolute Gasteiger partial charge is 0.488 e. The summed E-state index contributed by atoms with van der Waals surface area (Å²) in [5.41, 5.74) is 3.14. The number of benzene rings is 3. The van der Waals surface area contributed by atoms with E-state index >= 15 is 0 Å². The Morgan fingerprint density at radius 2 is 1.23 bits per heavy atom. The van der Waals surface area contributed by atoms with Crippen LogP contribution >= 0.6 is 15.9 Å². The fraction of sp³-hybridized carbons (Fsp3) is 0.273. The van der Waals surface area contributed by atoms with Gasteiger partial charge in [-0.25, -0.2) is 0 Å². The fourth-order valence-electron chi connectivity index (χ4n) is 2.41. The van der Waals surface area contributed by atoms with Crippen LogP contribution in [0.3, 0.4) is 0 Å². The minimum Gasteiger partial charge on any atom is -0.423 e. The molecular weight excluding hydrogens is 387 g/mol. The number of halogens is 1. The lowest BCUT2D eigenvalue weighted by atomic mass is 9.80. The van der Waals surface area contributed by atoms with E-state index in [0.717, 1.165) is 17.3 Å². The second-order valence-corrected chi connectivity index (χ2v) is 6.56. The zero-order chi connectivity index (χ0) is 19.5. The molecule has 3 aromatic carbocycles. The van der Waals surface area contributed by atoms with E-state index in [0.29, 0.717) is 5.46 Å². The number of hydrogen-bond donors (Lipinski definition) is 2. The molecule has 0 fully saturated rings. The summed E-state index contributed by atoms with van der Waals surface area (Å²) in [4.78, 5) is 0. The van der Waals surface area contributed by atoms with Gasteiger partial charge < -0.3 is 10.0 Å². The normalized spacial score (nSPS) is 9.65. The second-order valence-electron chi connectivity index (χ2n) is 5.65. The maximum absolute atomic E-state index is 8.74. The molecule has 0 heterocycles. The van der Waals surface area contributed by atoms with Crippen molar-refractivity contribution in [3.8, 4) is 0 Å². The predicted octanol–water partition coefficient (Wildman–Crippen LogP) is 5.12. The molecule has 0 aliphatic heterocycles. The van der Waals surface area contributed by atoms with Gasteiger partial charge in [0.15, 0.2) is 0 Å². The van der Waals surface area contributed by atoms with E-state index in [1.54, 1.807) is 12.1 Å². The first-order valence-corrected chi connectivity index (χ1v) is 9.96. The van der Waals surface area contributed by atoms with Crippen molar-refractivity contribution in [3.05, 3.63) is 76.3 Å². The average Bonchev–Trinajstić information content (AvgIpc) is 2.69. The van der Waals surface area contributed by atoms with Crippen LogP contribution in [0.15, 0.2) is 65.1 Å². The molecule has 3 aromatic rings. The van der Waals surface area contributed by atoms with Crippen LogP contribution in [0.25, 0.3) is 10.8 Å². The lowest BCUT2D eigenvalue weighted by Crippen LogP contribution is -2.29. The third-order valence-corrected chi connectivity index (χ3v) is 4.45. The molecule has 0 aliphatic rings. The third kappa shape index (κ3) is 6.95. The summed E-state index contributed by atoms with van der Waals surface area (Å²) in [5, 5.41) is 20.1. The van der Waals surface area contributed by atoms with Gasteiger partial charge in [-0.1, -0.05) is 92.2 Å². The lowest BCUT2D eigenvalue weighted by molar-refractivity contribution is 0.426. The summed E-state index contributed by atoms with van der Waals surface area (Å²) in [6.45, 7) is 8.24. The van der Waals surface area contributed by atoms with Gasteiger partial charge in [-0.05, 0) is 52.3 Å². The molecule has 138 valence electrons. The van der Waals surface area contributed by atoms with E-state index < -0.39 is 7.12 Å². The Labute approximate surface area is 166 Å². The SMILES string of the molecule is CC.CCc1ccc(B(O)O)cc1.CCc1ccc2cc(Br)ccc2c1. The molecule has 0 spiro atoms. The highest BCUT2D eigenvalue weighted by Gasteiger charge is 2.08. The van der Waals surface area contributed by atoms with Crippen molar-refractivity contribution >= 4 is 39.3 Å². The van der Waals surface area contributed by atoms with Gasteiger partial charge in [0, 0.05) is 4.47 Å². The van der Waals surface area contributed by atoms with Gasteiger partial charge in [0.25, 0.3) is 0 Å². The number of hydrogen-bond acceptors (Lipinski definition) is 2. The molecule has 0 radical (unpaired) electrons. The molecule has 2 nitrogen and oxygen atoms in total. The van der Waals surface area contributed by atoms with E-state index in [9.17, 15) is 0 Å². The quantitative estimate of drug-likeness (QED) is 0.584. The Morgan fingerprint density at radius 1 is 0.731 bits per heavy atom. The highest BCUT2D eigenvalue weighted by Crippen LogP contribution is 2.20. The first-order valence-electron chi connectivity index (χ1n) is 9.16. The highest BCUT2D eigenvalue weighted by atomic mass is 79.9. The first kappa shape index (κ1) is 22.4. The number of aryl methyl sites for hydroxylation is 2. The standard InChI is InChI=1S/C12H11Br.C8H11BO2.C2H6/c1-2-9-3-4-11-8-12(13)6-5-10(11)7-9;1-2-7-3-5-8(6-4-7)9(10)11;1-2/h3-8H,2H2,1H3;3-6,10-11H,2H2,1H3;1-2H3. The number of rotatable bonds is 3. The third-order valence-electron chi connectivity index (χ3n) is 3.96. The molecule has 0 aromatic heterocycles. The van der Waals surface area contributed by atoms with Gasteiger partial charge in [-0.3, -0.25) is 0 Å². The molecule has 0 atom stereocenters. The lowest BCUT2D eigenvalue weighted by Gasteiger charge is -2.01. The van der Waals surface area contributed by atoms with Crippen LogP contribution in [0.1, 0.15) is 38.8 Å². The minimum absolute atomic E-state index is 0.544. The molecule has 0 amide bonds. The predicted molar refractivity (Wildman–Crippen MR) is 118 cm³/mol. The molecule has 0 bridgehead atoms. The van der Waals surface area contributed by atoms with Crippen LogP contribution in [0, 0.1) is 0 Å². The van der Waals surface area contributed by atoms with E-state index in [1.807, 2.05) is 26.0 Å². The van der Waals surface area contributed by atoms with E-state index in [-0.39, 0.29) is 0 Å². The van der Waals surface area contributed by atoms with Gasteiger partial charge in [-0.2, -0.15) is 0 Å². The first-order chi connectivity index (χ1) is 12.5. The van der Waals surface area contributed by atoms with Crippen molar-refractivity contribution in [1.29, 1.82) is 0 Å². The Hall–Kier alpha value is -1.62. The van der Waals surface area contributed by atoms with Gasteiger partial charge in [0.2, 0.25) is 0 Å². The zero-order valence-electron chi connectivity index (χ0n) is 16.0. The van der Waals surface area contributed by atoms with Crippen molar-refractivity contribution < 1.29 is 10.0 Å². The summed E-state index contributed by atoms with van der Waals surface area (Å²) in [6.07, 6.45) is 2.08. The van der Waals surface area contributed by atoms with Crippen LogP contribution in [0.2, 0.25) is 0 Å². The van der Waals surface area contributed by atoms with Crippen LogP contribution in [0.4, 0.5) is 0 Å². The summed E-state index contributed by atoms with van der Waals surface area (Å²) in [6, 6.07) is 20.3. The zero-order valence-corrected chi connectivity index (χ0v) is 17.6. The Bertz CT molecular complexity index is 786. The summed E-state index contributed by atoms with van der Waals surface area (Å²) in [5.74, 6) is 0. The van der Waals surface area contributed by atoms with E-state index in [4.69, 9.17) is 10.0 Å².